The van der Waals surface area contributed by atoms with Crippen molar-refractivity contribution in [2.24, 2.45) is 5.92 Å². The Kier molecular flexibility index (Phi) is 8.04. The number of piperidine rings is 1. The summed E-state index contributed by atoms with van der Waals surface area (Å²) >= 11 is 0. The first kappa shape index (κ1) is 20.4. The smallest absolute Gasteiger partial charge is 0.241 e. The number of unbranched alkanes of at least 4 members (excludes halogenated alkanes) is 2. The fraction of sp³-hybridized carbons (Fsp3) is 0.600. The maximum atomic E-state index is 13.2. The molecule has 0 radical (unpaired) electrons. The molecule has 1 aliphatic rings. The van der Waals surface area contributed by atoms with Gasteiger partial charge in [0.25, 0.3) is 0 Å². The van der Waals surface area contributed by atoms with E-state index in [1.165, 1.54) is 12.1 Å². The quantitative estimate of drug-likeness (QED) is 0.698. The first-order valence-corrected chi connectivity index (χ1v) is 9.59. The third kappa shape index (κ3) is 6.09. The molecule has 1 heterocycles. The molecule has 1 aromatic carbocycles. The molecule has 0 aromatic heterocycles. The Morgan fingerprint density at radius 2 is 2.00 bits per heavy atom. The molecule has 0 spiro atoms. The largest absolute Gasteiger partial charge is 0.356 e. The molecule has 0 saturated carbocycles. The molecule has 1 unspecified atom stereocenters. The number of anilines is 1. The van der Waals surface area contributed by atoms with Crippen LogP contribution in [-0.4, -0.2) is 42.4 Å². The van der Waals surface area contributed by atoms with E-state index in [9.17, 15) is 14.0 Å². The number of amides is 2. The van der Waals surface area contributed by atoms with Crippen LogP contribution in [0.2, 0.25) is 0 Å². The highest BCUT2D eigenvalue weighted by Gasteiger charge is 2.29. The lowest BCUT2D eigenvalue weighted by molar-refractivity contribution is -0.127. The third-order valence-electron chi connectivity index (χ3n) is 5.00. The predicted octanol–water partition coefficient (Wildman–Crippen LogP) is 3.17. The molecule has 0 aliphatic carbocycles. The standard InChI is InChI=1S/C20H30FN3O2/c1-3-4-5-11-22-20(26)16-9-12-24(13-10-16)15(2)19(25)23-18-8-6-7-17(21)14-18/h6-8,14-16H,3-5,9-13H2,1-2H3,(H,22,26)(H,23,25). The van der Waals surface area contributed by atoms with Crippen LogP contribution in [-0.2, 0) is 9.59 Å². The van der Waals surface area contributed by atoms with Crippen molar-refractivity contribution in [2.45, 2.75) is 52.0 Å². The molecule has 1 aromatic rings. The number of nitrogens with zero attached hydrogens (tertiary/aromatic N) is 1. The summed E-state index contributed by atoms with van der Waals surface area (Å²) in [6.07, 6.45) is 4.83. The summed E-state index contributed by atoms with van der Waals surface area (Å²) < 4.78 is 13.2. The van der Waals surface area contributed by atoms with Crippen molar-refractivity contribution in [1.82, 2.24) is 10.2 Å². The molecule has 2 N–H and O–H groups in total. The van der Waals surface area contributed by atoms with Crippen LogP contribution in [0.3, 0.4) is 0 Å². The van der Waals surface area contributed by atoms with E-state index in [4.69, 9.17) is 0 Å². The van der Waals surface area contributed by atoms with Crippen LogP contribution in [0.4, 0.5) is 10.1 Å². The molecule has 2 rings (SSSR count). The van der Waals surface area contributed by atoms with Gasteiger partial charge in [0, 0.05) is 18.2 Å². The second-order valence-electron chi connectivity index (χ2n) is 6.98. The van der Waals surface area contributed by atoms with E-state index in [0.717, 1.165) is 38.6 Å². The Balaban J connectivity index is 1.75. The lowest BCUT2D eigenvalue weighted by atomic mass is 9.95. The molecule has 6 heteroatoms. The monoisotopic (exact) mass is 363 g/mol. The minimum absolute atomic E-state index is 0.0337. The molecular weight excluding hydrogens is 333 g/mol. The summed E-state index contributed by atoms with van der Waals surface area (Å²) in [5.41, 5.74) is 0.461. The molecule has 144 valence electrons. The molecule has 1 atom stereocenters. The fourth-order valence-electron chi connectivity index (χ4n) is 3.26. The molecule has 26 heavy (non-hydrogen) atoms. The SMILES string of the molecule is CCCCCNC(=O)C1CCN(C(C)C(=O)Nc2cccc(F)c2)CC1. The Labute approximate surface area is 155 Å². The van der Waals surface area contributed by atoms with E-state index in [0.29, 0.717) is 18.8 Å². The normalized spacial score (nSPS) is 16.9. The van der Waals surface area contributed by atoms with Gasteiger partial charge in [-0.1, -0.05) is 25.8 Å². The van der Waals surface area contributed by atoms with Crippen LogP contribution >= 0.6 is 0 Å². The van der Waals surface area contributed by atoms with Crippen LogP contribution < -0.4 is 10.6 Å². The van der Waals surface area contributed by atoms with Gasteiger partial charge in [-0.05, 0) is 57.5 Å². The van der Waals surface area contributed by atoms with Gasteiger partial charge in [-0.15, -0.1) is 0 Å². The molecule has 0 bridgehead atoms. The van der Waals surface area contributed by atoms with Crippen molar-refractivity contribution in [3.05, 3.63) is 30.1 Å². The molecule has 1 saturated heterocycles. The number of halogens is 1. The summed E-state index contributed by atoms with van der Waals surface area (Å²) in [7, 11) is 0. The van der Waals surface area contributed by atoms with E-state index in [1.807, 2.05) is 6.92 Å². The first-order valence-electron chi connectivity index (χ1n) is 9.59. The zero-order chi connectivity index (χ0) is 18.9. The lowest BCUT2D eigenvalue weighted by Crippen LogP contribution is -2.48. The molecule has 5 nitrogen and oxygen atoms in total. The minimum Gasteiger partial charge on any atom is -0.356 e. The molecule has 1 aliphatic heterocycles. The second-order valence-corrected chi connectivity index (χ2v) is 6.98. The highest BCUT2D eigenvalue weighted by atomic mass is 19.1. The Bertz CT molecular complexity index is 600. The zero-order valence-electron chi connectivity index (χ0n) is 15.8. The summed E-state index contributed by atoms with van der Waals surface area (Å²) in [6, 6.07) is 5.58. The van der Waals surface area contributed by atoms with Crippen LogP contribution in [0.25, 0.3) is 0 Å². The number of benzene rings is 1. The average Bonchev–Trinajstić information content (AvgIpc) is 2.64. The van der Waals surface area contributed by atoms with Crippen molar-refractivity contribution in [3.63, 3.8) is 0 Å². The second kappa shape index (κ2) is 10.3. The fourth-order valence-corrected chi connectivity index (χ4v) is 3.26. The topological polar surface area (TPSA) is 61.4 Å². The Morgan fingerprint density at radius 1 is 1.27 bits per heavy atom. The number of hydrogen-bond donors (Lipinski definition) is 2. The van der Waals surface area contributed by atoms with Crippen LogP contribution in [0.15, 0.2) is 24.3 Å². The van der Waals surface area contributed by atoms with Gasteiger partial charge in [-0.3, -0.25) is 14.5 Å². The van der Waals surface area contributed by atoms with Crippen molar-refractivity contribution in [3.8, 4) is 0 Å². The van der Waals surface area contributed by atoms with Crippen molar-refractivity contribution in [1.29, 1.82) is 0 Å². The van der Waals surface area contributed by atoms with Gasteiger partial charge in [0.1, 0.15) is 5.82 Å². The molecule has 1 fully saturated rings. The molecule has 2 amide bonds. The van der Waals surface area contributed by atoms with Gasteiger partial charge < -0.3 is 10.6 Å². The molecular formula is C20H30FN3O2. The third-order valence-corrected chi connectivity index (χ3v) is 5.00. The summed E-state index contributed by atoms with van der Waals surface area (Å²) in [5.74, 6) is -0.358. The summed E-state index contributed by atoms with van der Waals surface area (Å²) in [5, 5.41) is 5.77. The number of carbonyl (C=O) groups excluding carboxylic acids is 2. The van der Waals surface area contributed by atoms with Crippen LogP contribution in [0, 0.1) is 11.7 Å². The summed E-state index contributed by atoms with van der Waals surface area (Å²) in [4.78, 5) is 26.7. The van der Waals surface area contributed by atoms with Gasteiger partial charge in [0.15, 0.2) is 0 Å². The summed E-state index contributed by atoms with van der Waals surface area (Å²) in [6.45, 7) is 6.16. The van der Waals surface area contributed by atoms with Crippen molar-refractivity contribution >= 4 is 17.5 Å². The van der Waals surface area contributed by atoms with Crippen LogP contribution in [0.5, 0.6) is 0 Å². The maximum absolute atomic E-state index is 13.2. The minimum atomic E-state index is -0.374. The highest BCUT2D eigenvalue weighted by Crippen LogP contribution is 2.20. The number of nitrogens with one attached hydrogen (secondary N) is 2. The zero-order valence-corrected chi connectivity index (χ0v) is 15.8. The lowest BCUT2D eigenvalue weighted by Gasteiger charge is -2.34. The van der Waals surface area contributed by atoms with E-state index in [1.54, 1.807) is 12.1 Å². The average molecular weight is 363 g/mol. The van der Waals surface area contributed by atoms with Gasteiger partial charge in [-0.2, -0.15) is 0 Å². The van der Waals surface area contributed by atoms with E-state index in [-0.39, 0.29) is 29.6 Å². The first-order chi connectivity index (χ1) is 12.5. The number of rotatable bonds is 8. The van der Waals surface area contributed by atoms with Gasteiger partial charge in [-0.25, -0.2) is 4.39 Å². The van der Waals surface area contributed by atoms with E-state index >= 15 is 0 Å². The van der Waals surface area contributed by atoms with Gasteiger partial charge in [0.2, 0.25) is 11.8 Å². The van der Waals surface area contributed by atoms with Gasteiger partial charge in [0.05, 0.1) is 6.04 Å². The van der Waals surface area contributed by atoms with Crippen molar-refractivity contribution in [2.75, 3.05) is 25.0 Å². The van der Waals surface area contributed by atoms with E-state index < -0.39 is 0 Å². The number of carbonyl (C=O) groups is 2. The van der Waals surface area contributed by atoms with Crippen molar-refractivity contribution < 1.29 is 14.0 Å². The predicted molar refractivity (Wildman–Crippen MR) is 101 cm³/mol. The number of likely N-dealkylation sites (tertiary alicyclic amines) is 1. The van der Waals surface area contributed by atoms with Crippen LogP contribution in [0.1, 0.15) is 46.0 Å². The van der Waals surface area contributed by atoms with Gasteiger partial charge >= 0.3 is 0 Å². The Morgan fingerprint density at radius 3 is 2.65 bits per heavy atom. The Hall–Kier alpha value is -1.95. The van der Waals surface area contributed by atoms with E-state index in [2.05, 4.69) is 22.5 Å². The highest BCUT2D eigenvalue weighted by molar-refractivity contribution is 5.94. The number of hydrogen-bond acceptors (Lipinski definition) is 3. The maximum Gasteiger partial charge on any atom is 0.241 e.